The second kappa shape index (κ2) is 4.55. The van der Waals surface area contributed by atoms with Crippen LogP contribution in [0.2, 0.25) is 0 Å². The van der Waals surface area contributed by atoms with Gasteiger partial charge in [0.1, 0.15) is 11.6 Å². The van der Waals surface area contributed by atoms with Crippen molar-refractivity contribution in [2.45, 2.75) is 33.7 Å². The van der Waals surface area contributed by atoms with Crippen molar-refractivity contribution in [3.63, 3.8) is 0 Å². The topological polar surface area (TPSA) is 42.7 Å². The quantitative estimate of drug-likeness (QED) is 0.789. The molecular weight excluding hydrogens is 176 g/mol. The normalized spacial score (nSPS) is 13.6. The van der Waals surface area contributed by atoms with Crippen LogP contribution in [0.4, 0.5) is 0 Å². The fourth-order valence-electron chi connectivity index (χ4n) is 1.66. The minimum atomic E-state index is 0.390. The molecule has 1 N–H and O–H groups in total. The molecule has 80 valence electrons. The molecule has 0 spiro atoms. The van der Waals surface area contributed by atoms with Gasteiger partial charge in [-0.2, -0.15) is 5.10 Å². The minimum Gasteiger partial charge on any atom is -0.318 e. The summed E-state index contributed by atoms with van der Waals surface area (Å²) in [7, 11) is 1.97. The first kappa shape index (κ1) is 11.2. The lowest BCUT2D eigenvalue weighted by atomic mass is 10.0. The maximum Gasteiger partial charge on any atom is 0.147 e. The van der Waals surface area contributed by atoms with Crippen molar-refractivity contribution in [1.82, 2.24) is 20.1 Å². The van der Waals surface area contributed by atoms with E-state index in [0.717, 1.165) is 18.2 Å². The summed E-state index contributed by atoms with van der Waals surface area (Å²) in [6.07, 6.45) is 0. The maximum absolute atomic E-state index is 4.42. The number of hydrogen-bond acceptors (Lipinski definition) is 3. The van der Waals surface area contributed by atoms with Crippen molar-refractivity contribution in [3.05, 3.63) is 11.6 Å². The third kappa shape index (κ3) is 2.32. The van der Waals surface area contributed by atoms with Crippen molar-refractivity contribution in [2.75, 3.05) is 13.6 Å². The zero-order chi connectivity index (χ0) is 10.7. The average molecular weight is 196 g/mol. The van der Waals surface area contributed by atoms with Gasteiger partial charge in [-0.25, -0.2) is 9.67 Å². The van der Waals surface area contributed by atoms with Crippen LogP contribution in [0.1, 0.15) is 31.5 Å². The summed E-state index contributed by atoms with van der Waals surface area (Å²) < 4.78 is 2.02. The molecular formula is C10H20N4. The number of rotatable bonds is 4. The van der Waals surface area contributed by atoms with E-state index in [1.54, 1.807) is 0 Å². The van der Waals surface area contributed by atoms with E-state index in [1.165, 1.54) is 0 Å². The molecule has 1 atom stereocenters. The first-order chi connectivity index (χ1) is 6.56. The highest BCUT2D eigenvalue weighted by Crippen LogP contribution is 2.17. The van der Waals surface area contributed by atoms with Crippen LogP contribution >= 0.6 is 0 Å². The van der Waals surface area contributed by atoms with Gasteiger partial charge in [0.15, 0.2) is 0 Å². The minimum absolute atomic E-state index is 0.390. The fraction of sp³-hybridized carbons (Fsp3) is 0.800. The molecule has 0 aliphatic carbocycles. The van der Waals surface area contributed by atoms with Crippen molar-refractivity contribution in [1.29, 1.82) is 0 Å². The van der Waals surface area contributed by atoms with Gasteiger partial charge in [0.05, 0.1) is 6.04 Å². The smallest absolute Gasteiger partial charge is 0.147 e. The van der Waals surface area contributed by atoms with E-state index in [0.29, 0.717) is 12.0 Å². The lowest BCUT2D eigenvalue weighted by Crippen LogP contribution is -2.28. The Bertz CT molecular complexity index is 290. The Morgan fingerprint density at radius 1 is 1.36 bits per heavy atom. The van der Waals surface area contributed by atoms with Crippen LogP contribution < -0.4 is 5.32 Å². The zero-order valence-corrected chi connectivity index (χ0v) is 9.70. The molecule has 0 aliphatic heterocycles. The number of aromatic nitrogens is 3. The molecule has 14 heavy (non-hydrogen) atoms. The number of nitrogens with one attached hydrogen (secondary N) is 1. The Hall–Kier alpha value is -0.900. The zero-order valence-electron chi connectivity index (χ0n) is 9.70. The molecule has 1 aromatic rings. The molecule has 4 heteroatoms. The van der Waals surface area contributed by atoms with Crippen molar-refractivity contribution >= 4 is 0 Å². The van der Waals surface area contributed by atoms with Gasteiger partial charge in [-0.15, -0.1) is 0 Å². The van der Waals surface area contributed by atoms with E-state index >= 15 is 0 Å². The van der Waals surface area contributed by atoms with Crippen LogP contribution in [0, 0.1) is 19.8 Å². The maximum atomic E-state index is 4.42. The van der Waals surface area contributed by atoms with E-state index in [-0.39, 0.29) is 0 Å². The predicted octanol–water partition coefficient (Wildman–Crippen LogP) is 1.31. The first-order valence-electron chi connectivity index (χ1n) is 5.10. The standard InChI is InChI=1S/C10H20N4/c1-7(2)10(6-11-5)14-9(4)12-8(3)13-14/h7,10-11H,6H2,1-5H3. The molecule has 0 aliphatic rings. The number of hydrogen-bond donors (Lipinski definition) is 1. The SMILES string of the molecule is CNCC(C(C)C)n1nc(C)nc1C. The lowest BCUT2D eigenvalue weighted by molar-refractivity contribution is 0.330. The Morgan fingerprint density at radius 3 is 2.36 bits per heavy atom. The number of likely N-dealkylation sites (N-methyl/N-ethyl adjacent to an activating group) is 1. The summed E-state index contributed by atoms with van der Waals surface area (Å²) in [6.45, 7) is 9.28. The lowest BCUT2D eigenvalue weighted by Gasteiger charge is -2.21. The second-order valence-corrected chi connectivity index (χ2v) is 4.02. The Balaban J connectivity index is 2.92. The fourth-order valence-corrected chi connectivity index (χ4v) is 1.66. The van der Waals surface area contributed by atoms with Gasteiger partial charge < -0.3 is 5.32 Å². The molecule has 0 aromatic carbocycles. The second-order valence-electron chi connectivity index (χ2n) is 4.02. The molecule has 0 amide bonds. The summed E-state index contributed by atoms with van der Waals surface area (Å²) in [4.78, 5) is 4.32. The van der Waals surface area contributed by atoms with Crippen LogP contribution in [-0.4, -0.2) is 28.4 Å². The van der Waals surface area contributed by atoms with E-state index in [2.05, 4.69) is 29.2 Å². The predicted molar refractivity (Wildman–Crippen MR) is 57.3 cm³/mol. The van der Waals surface area contributed by atoms with Gasteiger partial charge in [-0.1, -0.05) is 13.8 Å². The van der Waals surface area contributed by atoms with Crippen LogP contribution in [-0.2, 0) is 0 Å². The van der Waals surface area contributed by atoms with Crippen molar-refractivity contribution in [2.24, 2.45) is 5.92 Å². The molecule has 1 heterocycles. The summed E-state index contributed by atoms with van der Waals surface area (Å²) in [5, 5.41) is 7.61. The van der Waals surface area contributed by atoms with Gasteiger partial charge in [-0.3, -0.25) is 0 Å². The van der Waals surface area contributed by atoms with Gasteiger partial charge in [0, 0.05) is 6.54 Å². The monoisotopic (exact) mass is 196 g/mol. The number of nitrogens with zero attached hydrogens (tertiary/aromatic N) is 3. The highest BCUT2D eigenvalue weighted by molar-refractivity contribution is 4.91. The van der Waals surface area contributed by atoms with Gasteiger partial charge in [0.25, 0.3) is 0 Å². The third-order valence-electron chi connectivity index (χ3n) is 2.40. The first-order valence-corrected chi connectivity index (χ1v) is 5.10. The average Bonchev–Trinajstić information content (AvgIpc) is 2.40. The van der Waals surface area contributed by atoms with E-state index in [9.17, 15) is 0 Å². The van der Waals surface area contributed by atoms with Gasteiger partial charge in [0.2, 0.25) is 0 Å². The molecule has 1 aromatic heterocycles. The largest absolute Gasteiger partial charge is 0.318 e. The molecule has 0 saturated carbocycles. The van der Waals surface area contributed by atoms with E-state index in [1.807, 2.05) is 25.6 Å². The van der Waals surface area contributed by atoms with Gasteiger partial charge in [-0.05, 0) is 26.8 Å². The van der Waals surface area contributed by atoms with Crippen molar-refractivity contribution < 1.29 is 0 Å². The third-order valence-corrected chi connectivity index (χ3v) is 2.40. The Kier molecular flexibility index (Phi) is 3.63. The summed E-state index contributed by atoms with van der Waals surface area (Å²) in [5.41, 5.74) is 0. The Morgan fingerprint density at radius 2 is 2.00 bits per heavy atom. The van der Waals surface area contributed by atoms with Crippen LogP contribution in [0.25, 0.3) is 0 Å². The van der Waals surface area contributed by atoms with Crippen molar-refractivity contribution in [3.8, 4) is 0 Å². The molecule has 4 nitrogen and oxygen atoms in total. The summed E-state index contributed by atoms with van der Waals surface area (Å²) in [6, 6.07) is 0.390. The number of aryl methyl sites for hydroxylation is 2. The highest BCUT2D eigenvalue weighted by atomic mass is 15.4. The molecule has 0 fully saturated rings. The molecule has 0 radical (unpaired) electrons. The van der Waals surface area contributed by atoms with E-state index in [4.69, 9.17) is 0 Å². The van der Waals surface area contributed by atoms with Crippen LogP contribution in [0.5, 0.6) is 0 Å². The van der Waals surface area contributed by atoms with Crippen LogP contribution in [0.15, 0.2) is 0 Å². The summed E-state index contributed by atoms with van der Waals surface area (Å²) in [5.74, 6) is 2.41. The molecule has 0 saturated heterocycles. The van der Waals surface area contributed by atoms with E-state index < -0.39 is 0 Å². The molecule has 1 unspecified atom stereocenters. The summed E-state index contributed by atoms with van der Waals surface area (Å²) >= 11 is 0. The molecule has 0 bridgehead atoms. The highest BCUT2D eigenvalue weighted by Gasteiger charge is 2.18. The van der Waals surface area contributed by atoms with Crippen LogP contribution in [0.3, 0.4) is 0 Å². The Labute approximate surface area is 85.7 Å². The molecule has 1 rings (SSSR count). The van der Waals surface area contributed by atoms with Gasteiger partial charge >= 0.3 is 0 Å².